The zero-order valence-corrected chi connectivity index (χ0v) is 18.7. The van der Waals surface area contributed by atoms with Crippen LogP contribution in [-0.2, 0) is 13.0 Å². The van der Waals surface area contributed by atoms with Crippen LogP contribution in [0.3, 0.4) is 0 Å². The summed E-state index contributed by atoms with van der Waals surface area (Å²) in [5.41, 5.74) is 0.886. The minimum Gasteiger partial charge on any atom is -0.489 e. The van der Waals surface area contributed by atoms with E-state index in [1.165, 1.54) is 12.3 Å². The van der Waals surface area contributed by atoms with E-state index in [0.717, 1.165) is 27.8 Å². The highest BCUT2D eigenvalue weighted by Gasteiger charge is 2.15. The lowest BCUT2D eigenvalue weighted by Crippen LogP contribution is -2.31. The van der Waals surface area contributed by atoms with Gasteiger partial charge in [-0.05, 0) is 29.7 Å². The molecule has 172 valence electrons. The molecular weight excluding hydrogens is 458 g/mol. The van der Waals surface area contributed by atoms with Gasteiger partial charge in [0.2, 0.25) is 0 Å². The molecule has 0 aliphatic rings. The Morgan fingerprint density at radius 3 is 2.62 bits per heavy atom. The molecule has 2 aromatic heterocycles. The van der Waals surface area contributed by atoms with Gasteiger partial charge in [-0.25, -0.2) is 9.78 Å². The third-order valence-corrected chi connectivity index (χ3v) is 5.22. The first-order chi connectivity index (χ1) is 16.5. The fraction of sp³-hybridized carbons (Fsp3) is 0.125. The number of pyridine rings is 1. The molecular formula is C24H20ClN5O4. The summed E-state index contributed by atoms with van der Waals surface area (Å²) in [7, 11) is 0. The smallest absolute Gasteiger partial charge is 0.349 e. The Labute approximate surface area is 199 Å². The number of rotatable bonds is 8. The molecule has 2 aromatic carbocycles. The molecule has 0 saturated carbocycles. The van der Waals surface area contributed by atoms with Crippen molar-refractivity contribution >= 4 is 17.5 Å². The highest BCUT2D eigenvalue weighted by atomic mass is 35.5. The second-order valence-corrected chi connectivity index (χ2v) is 7.63. The number of aromatic nitrogens is 4. The normalized spacial score (nSPS) is 10.6. The van der Waals surface area contributed by atoms with Gasteiger partial charge in [-0.2, -0.15) is 9.78 Å². The molecule has 0 radical (unpaired) electrons. The molecule has 0 unspecified atom stereocenters. The summed E-state index contributed by atoms with van der Waals surface area (Å²) in [5.74, 6) is 0.283. The van der Waals surface area contributed by atoms with Crippen LogP contribution in [0.2, 0.25) is 5.15 Å². The predicted molar refractivity (Wildman–Crippen MR) is 127 cm³/mol. The molecule has 9 nitrogen and oxygen atoms in total. The third kappa shape index (κ3) is 5.57. The van der Waals surface area contributed by atoms with Crippen LogP contribution in [0, 0.1) is 0 Å². The van der Waals surface area contributed by atoms with Gasteiger partial charge in [0.1, 0.15) is 23.7 Å². The summed E-state index contributed by atoms with van der Waals surface area (Å²) >= 11 is 6.11. The summed E-state index contributed by atoms with van der Waals surface area (Å²) in [4.78, 5) is 42.0. The lowest BCUT2D eigenvalue weighted by molar-refractivity contribution is 0.0953. The Balaban J connectivity index is 1.42. The van der Waals surface area contributed by atoms with E-state index in [4.69, 9.17) is 16.3 Å². The number of hydrogen-bond acceptors (Lipinski definition) is 6. The Hall–Kier alpha value is -4.24. The van der Waals surface area contributed by atoms with Crippen LogP contribution >= 0.6 is 11.6 Å². The lowest BCUT2D eigenvalue weighted by atomic mass is 10.1. The summed E-state index contributed by atoms with van der Waals surface area (Å²) < 4.78 is 6.88. The number of aromatic amines is 1. The number of H-pyrrole nitrogens is 1. The standard InChI is InChI=1S/C24H20ClN5O4/c25-22-19(12-18(13-27-22)30-24(33)29-21(31)14-28-30)23(32)26-11-10-17-8-4-5-9-20(17)34-15-16-6-2-1-3-7-16/h1-9,12-14H,10-11,15H2,(H,26,32)(H,29,31,33). The van der Waals surface area contributed by atoms with Gasteiger partial charge in [-0.1, -0.05) is 60.1 Å². The largest absolute Gasteiger partial charge is 0.489 e. The maximum absolute atomic E-state index is 12.7. The van der Waals surface area contributed by atoms with Gasteiger partial charge in [-0.3, -0.25) is 14.6 Å². The fourth-order valence-corrected chi connectivity index (χ4v) is 3.43. The van der Waals surface area contributed by atoms with Gasteiger partial charge >= 0.3 is 5.69 Å². The number of hydrogen-bond donors (Lipinski definition) is 2. The van der Waals surface area contributed by atoms with E-state index in [1.54, 1.807) is 0 Å². The molecule has 1 amide bonds. The Morgan fingerprint density at radius 2 is 1.82 bits per heavy atom. The first-order valence-electron chi connectivity index (χ1n) is 10.4. The van der Waals surface area contributed by atoms with Gasteiger partial charge in [-0.15, -0.1) is 0 Å². The molecule has 34 heavy (non-hydrogen) atoms. The number of carbonyl (C=O) groups excluding carboxylic acids is 1. The number of ether oxygens (including phenoxy) is 1. The average molecular weight is 478 g/mol. The van der Waals surface area contributed by atoms with Gasteiger partial charge < -0.3 is 10.1 Å². The second-order valence-electron chi connectivity index (χ2n) is 7.27. The maximum Gasteiger partial charge on any atom is 0.349 e. The summed E-state index contributed by atoms with van der Waals surface area (Å²) in [6, 6.07) is 18.9. The molecule has 2 heterocycles. The average Bonchev–Trinajstić information content (AvgIpc) is 2.84. The summed E-state index contributed by atoms with van der Waals surface area (Å²) in [6.45, 7) is 0.762. The van der Waals surface area contributed by atoms with E-state index in [9.17, 15) is 14.4 Å². The van der Waals surface area contributed by atoms with Crippen LogP contribution in [0.1, 0.15) is 21.5 Å². The zero-order valence-electron chi connectivity index (χ0n) is 17.9. The minimum absolute atomic E-state index is 0.0229. The van der Waals surface area contributed by atoms with Crippen molar-refractivity contribution in [2.24, 2.45) is 0 Å². The van der Waals surface area contributed by atoms with E-state index in [2.05, 4.69) is 20.4 Å². The molecule has 4 aromatic rings. The molecule has 0 spiro atoms. The third-order valence-electron chi connectivity index (χ3n) is 4.92. The number of nitrogens with zero attached hydrogens (tertiary/aromatic N) is 3. The molecule has 0 fully saturated rings. The van der Waals surface area contributed by atoms with E-state index < -0.39 is 17.2 Å². The van der Waals surface area contributed by atoms with Gasteiger partial charge in [0.15, 0.2) is 0 Å². The molecule has 0 bridgehead atoms. The number of halogens is 1. The monoisotopic (exact) mass is 477 g/mol. The number of nitrogens with one attached hydrogen (secondary N) is 2. The maximum atomic E-state index is 12.7. The molecule has 4 rings (SSSR count). The van der Waals surface area contributed by atoms with Crippen molar-refractivity contribution in [1.29, 1.82) is 0 Å². The van der Waals surface area contributed by atoms with E-state index in [0.29, 0.717) is 19.6 Å². The number of amides is 1. The highest BCUT2D eigenvalue weighted by Crippen LogP contribution is 2.20. The first-order valence-corrected chi connectivity index (χ1v) is 10.8. The Kier molecular flexibility index (Phi) is 7.14. The van der Waals surface area contributed by atoms with Gasteiger partial charge in [0.25, 0.3) is 11.5 Å². The van der Waals surface area contributed by atoms with E-state index >= 15 is 0 Å². The number of para-hydroxylation sites is 1. The van der Waals surface area contributed by atoms with Crippen molar-refractivity contribution in [2.45, 2.75) is 13.0 Å². The second kappa shape index (κ2) is 10.6. The van der Waals surface area contributed by atoms with Crippen LogP contribution in [0.25, 0.3) is 5.69 Å². The lowest BCUT2D eigenvalue weighted by Gasteiger charge is -2.12. The van der Waals surface area contributed by atoms with Crippen LogP contribution in [0.4, 0.5) is 0 Å². The first kappa shape index (κ1) is 22.9. The van der Waals surface area contributed by atoms with Crippen LogP contribution in [-0.4, -0.2) is 32.2 Å². The Bertz CT molecular complexity index is 1420. The van der Waals surface area contributed by atoms with Crippen LogP contribution in [0.5, 0.6) is 5.75 Å². The zero-order chi connectivity index (χ0) is 23.9. The molecule has 2 N–H and O–H groups in total. The van der Waals surface area contributed by atoms with Gasteiger partial charge in [0, 0.05) is 6.54 Å². The summed E-state index contributed by atoms with van der Waals surface area (Å²) in [6.07, 6.45) is 2.77. The highest BCUT2D eigenvalue weighted by molar-refractivity contribution is 6.32. The van der Waals surface area contributed by atoms with E-state index in [-0.39, 0.29) is 16.4 Å². The van der Waals surface area contributed by atoms with Gasteiger partial charge in [0.05, 0.1) is 17.4 Å². The molecule has 0 saturated heterocycles. The van der Waals surface area contributed by atoms with Crippen molar-refractivity contribution in [1.82, 2.24) is 25.1 Å². The van der Waals surface area contributed by atoms with Crippen LogP contribution < -0.4 is 21.3 Å². The molecule has 0 atom stereocenters. The van der Waals surface area contributed by atoms with Crippen molar-refractivity contribution in [3.05, 3.63) is 116 Å². The van der Waals surface area contributed by atoms with Crippen molar-refractivity contribution in [3.63, 3.8) is 0 Å². The minimum atomic E-state index is -0.755. The fourth-order valence-electron chi connectivity index (χ4n) is 3.24. The quantitative estimate of drug-likeness (QED) is 0.376. The molecule has 0 aliphatic heterocycles. The SMILES string of the molecule is O=C(NCCc1ccccc1OCc1ccccc1)c1cc(-n2ncc(=O)[nH]c2=O)cnc1Cl. The summed E-state index contributed by atoms with van der Waals surface area (Å²) in [5, 5.41) is 6.55. The number of benzene rings is 2. The predicted octanol–water partition coefficient (Wildman–Crippen LogP) is 2.52. The van der Waals surface area contributed by atoms with Crippen LogP contribution in [0.15, 0.2) is 82.6 Å². The molecule has 10 heteroatoms. The van der Waals surface area contributed by atoms with E-state index in [1.807, 2.05) is 54.6 Å². The van der Waals surface area contributed by atoms with Crippen molar-refractivity contribution < 1.29 is 9.53 Å². The molecule has 0 aliphatic carbocycles. The van der Waals surface area contributed by atoms with Crippen molar-refractivity contribution in [3.8, 4) is 11.4 Å². The van der Waals surface area contributed by atoms with Crippen molar-refractivity contribution in [2.75, 3.05) is 6.54 Å². The Morgan fingerprint density at radius 1 is 1.06 bits per heavy atom. The number of carbonyl (C=O) groups is 1. The topological polar surface area (TPSA) is 119 Å².